The molecule has 0 unspecified atom stereocenters. The molecule has 1 N–H and O–H groups in total. The SMILES string of the molecule is Cc1cccc(CN2C(=O)[C@@]3(SCCN3C(=O)Nc3cccc(F)c3)c3cc(Cl)ccc32)c1. The van der Waals surface area contributed by atoms with Gasteiger partial charge in [-0.3, -0.25) is 9.69 Å². The Labute approximate surface area is 200 Å². The van der Waals surface area contributed by atoms with Gasteiger partial charge in [-0.25, -0.2) is 9.18 Å². The van der Waals surface area contributed by atoms with E-state index < -0.39 is 16.7 Å². The number of thioether (sulfide) groups is 1. The van der Waals surface area contributed by atoms with Crippen LogP contribution in [0.1, 0.15) is 16.7 Å². The quantitative estimate of drug-likeness (QED) is 0.517. The van der Waals surface area contributed by atoms with Gasteiger partial charge in [-0.1, -0.05) is 47.5 Å². The first-order valence-corrected chi connectivity index (χ1v) is 11.9. The van der Waals surface area contributed by atoms with Crippen LogP contribution in [0, 0.1) is 12.7 Å². The van der Waals surface area contributed by atoms with Gasteiger partial charge in [0.25, 0.3) is 5.91 Å². The maximum absolute atomic E-state index is 14.0. The van der Waals surface area contributed by atoms with Gasteiger partial charge in [0.2, 0.25) is 0 Å². The van der Waals surface area contributed by atoms with E-state index in [0.717, 1.165) is 16.8 Å². The van der Waals surface area contributed by atoms with Crippen molar-refractivity contribution in [1.29, 1.82) is 0 Å². The topological polar surface area (TPSA) is 52.7 Å². The molecule has 3 aromatic rings. The summed E-state index contributed by atoms with van der Waals surface area (Å²) in [5.41, 5.74) is 3.88. The lowest BCUT2D eigenvalue weighted by Crippen LogP contribution is -2.51. The van der Waals surface area contributed by atoms with Gasteiger partial charge in [-0.2, -0.15) is 0 Å². The molecular weight excluding hydrogens is 461 g/mol. The minimum Gasteiger partial charge on any atom is -0.308 e. The zero-order valence-corrected chi connectivity index (χ0v) is 19.4. The first-order chi connectivity index (χ1) is 15.9. The number of carbonyl (C=O) groups excluding carboxylic acids is 2. The highest BCUT2D eigenvalue weighted by atomic mass is 35.5. The number of urea groups is 1. The third-order valence-electron chi connectivity index (χ3n) is 5.90. The number of benzene rings is 3. The number of amides is 3. The number of nitrogens with zero attached hydrogens (tertiary/aromatic N) is 2. The van der Waals surface area contributed by atoms with E-state index in [1.54, 1.807) is 23.1 Å². The number of hydrogen-bond donors (Lipinski definition) is 1. The molecule has 8 heteroatoms. The minimum atomic E-state index is -1.22. The maximum Gasteiger partial charge on any atom is 0.323 e. The second-order valence-corrected chi connectivity index (χ2v) is 9.85. The van der Waals surface area contributed by atoms with Crippen molar-refractivity contribution in [3.8, 4) is 0 Å². The van der Waals surface area contributed by atoms with E-state index >= 15 is 0 Å². The Morgan fingerprint density at radius 2 is 1.97 bits per heavy atom. The van der Waals surface area contributed by atoms with E-state index in [4.69, 9.17) is 11.6 Å². The molecule has 0 aromatic heterocycles. The molecule has 3 amide bonds. The number of carbonyl (C=O) groups is 2. The normalized spacial score (nSPS) is 19.3. The smallest absolute Gasteiger partial charge is 0.308 e. The summed E-state index contributed by atoms with van der Waals surface area (Å²) in [6.45, 7) is 2.77. The Morgan fingerprint density at radius 3 is 2.76 bits per heavy atom. The van der Waals surface area contributed by atoms with Gasteiger partial charge in [0.1, 0.15) is 5.82 Å². The Morgan fingerprint density at radius 1 is 1.15 bits per heavy atom. The van der Waals surface area contributed by atoms with Gasteiger partial charge in [0.05, 0.1) is 12.2 Å². The molecule has 33 heavy (non-hydrogen) atoms. The average Bonchev–Trinajstić information content (AvgIpc) is 3.31. The Balaban J connectivity index is 1.54. The summed E-state index contributed by atoms with van der Waals surface area (Å²) < 4.78 is 13.6. The predicted octanol–water partition coefficient (Wildman–Crippen LogP) is 5.77. The Kier molecular flexibility index (Phi) is 5.54. The van der Waals surface area contributed by atoms with Crippen LogP contribution < -0.4 is 10.2 Å². The van der Waals surface area contributed by atoms with E-state index in [-0.39, 0.29) is 5.91 Å². The number of nitrogens with one attached hydrogen (secondary N) is 1. The van der Waals surface area contributed by atoms with E-state index in [1.807, 2.05) is 37.3 Å². The van der Waals surface area contributed by atoms with Crippen molar-refractivity contribution in [2.45, 2.75) is 18.3 Å². The number of fused-ring (bicyclic) bond motifs is 2. The molecule has 0 bridgehead atoms. The lowest BCUT2D eigenvalue weighted by Gasteiger charge is -2.33. The lowest BCUT2D eigenvalue weighted by atomic mass is 10.1. The summed E-state index contributed by atoms with van der Waals surface area (Å²) in [5, 5.41) is 3.24. The number of anilines is 2. The number of halogens is 2. The zero-order chi connectivity index (χ0) is 23.2. The van der Waals surface area contributed by atoms with Crippen LogP contribution in [0.25, 0.3) is 0 Å². The van der Waals surface area contributed by atoms with Crippen molar-refractivity contribution >= 4 is 46.7 Å². The molecular formula is C25H21ClFN3O2S. The van der Waals surface area contributed by atoms with Gasteiger partial charge < -0.3 is 10.2 Å². The first-order valence-electron chi connectivity index (χ1n) is 10.5. The van der Waals surface area contributed by atoms with Gasteiger partial charge in [0, 0.05) is 28.6 Å². The average molecular weight is 482 g/mol. The molecule has 2 aliphatic rings. The summed E-state index contributed by atoms with van der Waals surface area (Å²) in [7, 11) is 0. The summed E-state index contributed by atoms with van der Waals surface area (Å²) in [4.78, 5) is 29.3. The molecule has 3 aromatic carbocycles. The molecule has 0 radical (unpaired) electrons. The highest BCUT2D eigenvalue weighted by Crippen LogP contribution is 2.55. The molecule has 5 rings (SSSR count). The van der Waals surface area contributed by atoms with Crippen molar-refractivity contribution in [2.75, 3.05) is 22.5 Å². The van der Waals surface area contributed by atoms with E-state index in [2.05, 4.69) is 5.32 Å². The van der Waals surface area contributed by atoms with E-state index in [9.17, 15) is 14.0 Å². The second kappa shape index (κ2) is 8.39. The minimum absolute atomic E-state index is 0.182. The molecule has 5 nitrogen and oxygen atoms in total. The first kappa shape index (κ1) is 21.8. The van der Waals surface area contributed by atoms with Crippen molar-refractivity contribution in [3.05, 3.63) is 94.3 Å². The van der Waals surface area contributed by atoms with Crippen LogP contribution in [-0.4, -0.2) is 29.1 Å². The molecule has 2 aliphatic heterocycles. The van der Waals surface area contributed by atoms with E-state index in [1.165, 1.54) is 34.9 Å². The molecule has 1 fully saturated rings. The molecule has 1 spiro atoms. The summed E-state index contributed by atoms with van der Waals surface area (Å²) in [5.74, 6) is -0.0399. The second-order valence-electron chi connectivity index (χ2n) is 8.13. The fourth-order valence-electron chi connectivity index (χ4n) is 4.49. The van der Waals surface area contributed by atoms with Crippen LogP contribution in [0.3, 0.4) is 0 Å². The Hall–Kier alpha value is -3.03. The highest BCUT2D eigenvalue weighted by Gasteiger charge is 2.59. The number of hydrogen-bond acceptors (Lipinski definition) is 3. The highest BCUT2D eigenvalue weighted by molar-refractivity contribution is 8.01. The summed E-state index contributed by atoms with van der Waals surface area (Å²) in [6, 6.07) is 18.6. The molecule has 168 valence electrons. The van der Waals surface area contributed by atoms with Crippen molar-refractivity contribution < 1.29 is 14.0 Å². The fraction of sp³-hybridized carbons (Fsp3) is 0.200. The lowest BCUT2D eigenvalue weighted by molar-refractivity contribution is -0.123. The molecule has 1 saturated heterocycles. The van der Waals surface area contributed by atoms with Gasteiger partial charge in [-0.15, -0.1) is 11.8 Å². The molecule has 1 atom stereocenters. The number of aryl methyl sites for hydroxylation is 1. The predicted molar refractivity (Wildman–Crippen MR) is 130 cm³/mol. The van der Waals surface area contributed by atoms with Crippen LogP contribution in [0.4, 0.5) is 20.6 Å². The fourth-order valence-corrected chi connectivity index (χ4v) is 6.12. The van der Waals surface area contributed by atoms with Crippen LogP contribution in [0.2, 0.25) is 5.02 Å². The van der Waals surface area contributed by atoms with Crippen LogP contribution >= 0.6 is 23.4 Å². The van der Waals surface area contributed by atoms with Crippen molar-refractivity contribution in [1.82, 2.24) is 4.90 Å². The van der Waals surface area contributed by atoms with Crippen LogP contribution in [0.15, 0.2) is 66.7 Å². The molecule has 2 heterocycles. The van der Waals surface area contributed by atoms with Crippen LogP contribution in [-0.2, 0) is 16.2 Å². The van der Waals surface area contributed by atoms with Crippen LogP contribution in [0.5, 0.6) is 0 Å². The summed E-state index contributed by atoms with van der Waals surface area (Å²) >= 11 is 7.76. The third kappa shape index (κ3) is 3.75. The summed E-state index contributed by atoms with van der Waals surface area (Å²) in [6.07, 6.45) is 0. The third-order valence-corrected chi connectivity index (χ3v) is 7.55. The maximum atomic E-state index is 14.0. The Bertz CT molecular complexity index is 1270. The zero-order valence-electron chi connectivity index (χ0n) is 17.8. The van der Waals surface area contributed by atoms with Crippen molar-refractivity contribution in [2.24, 2.45) is 0 Å². The van der Waals surface area contributed by atoms with Crippen molar-refractivity contribution in [3.63, 3.8) is 0 Å². The van der Waals surface area contributed by atoms with Gasteiger partial charge in [0.15, 0.2) is 4.87 Å². The standard InChI is InChI=1S/C25H21ClFN3O2S/c1-16-4-2-5-17(12-16)15-29-22-9-8-18(26)13-21(22)25(23(29)31)30(10-11-33-25)24(32)28-20-7-3-6-19(27)14-20/h2-9,12-14H,10-11,15H2,1H3,(H,28,32)/t25-/m0/s1. The molecule has 0 aliphatic carbocycles. The largest absolute Gasteiger partial charge is 0.323 e. The van der Waals surface area contributed by atoms with Gasteiger partial charge >= 0.3 is 6.03 Å². The molecule has 0 saturated carbocycles. The number of rotatable bonds is 3. The van der Waals surface area contributed by atoms with E-state index in [0.29, 0.717) is 35.1 Å². The monoisotopic (exact) mass is 481 g/mol. The van der Waals surface area contributed by atoms with Gasteiger partial charge in [-0.05, 0) is 48.9 Å².